The molecule has 0 bridgehead atoms. The minimum Gasteiger partial charge on any atom is -0.489 e. The van der Waals surface area contributed by atoms with Crippen molar-refractivity contribution < 1.29 is 9.84 Å². The molecule has 1 unspecified atom stereocenters. The van der Waals surface area contributed by atoms with Crippen molar-refractivity contribution in [2.75, 3.05) is 19.7 Å². The molecule has 1 saturated heterocycles. The number of ether oxygens (including phenoxy) is 1. The predicted molar refractivity (Wildman–Crippen MR) is 80.6 cm³/mol. The molecular weight excluding hydrogens is 285 g/mol. The third kappa shape index (κ3) is 4.84. The number of hydrogen-bond donors (Lipinski definition) is 2. The molecule has 2 rings (SSSR count). The van der Waals surface area contributed by atoms with Crippen LogP contribution in [0.3, 0.4) is 0 Å². The van der Waals surface area contributed by atoms with E-state index in [2.05, 4.69) is 5.32 Å². The summed E-state index contributed by atoms with van der Waals surface area (Å²) in [5.41, 5.74) is 0.361. The summed E-state index contributed by atoms with van der Waals surface area (Å²) in [5, 5.41) is 14.3. The van der Waals surface area contributed by atoms with Crippen molar-refractivity contribution in [3.63, 3.8) is 0 Å². The normalized spacial score (nSPS) is 23.3. The molecule has 0 aromatic heterocycles. The summed E-state index contributed by atoms with van der Waals surface area (Å²) in [7, 11) is 0. The minimum absolute atomic E-state index is 0. The van der Waals surface area contributed by atoms with Gasteiger partial charge in [-0.15, -0.1) is 12.4 Å². The lowest BCUT2D eigenvalue weighted by Gasteiger charge is -2.26. The maximum absolute atomic E-state index is 10.5. The van der Waals surface area contributed by atoms with E-state index in [1.165, 1.54) is 0 Å². The summed E-state index contributed by atoms with van der Waals surface area (Å²) in [6, 6.07) is 5.67. The van der Waals surface area contributed by atoms with Crippen LogP contribution in [-0.2, 0) is 0 Å². The molecule has 1 atom stereocenters. The SMILES string of the molecule is Cc1ccc(Cl)c(OCC2(O)CCCNCC2)c1.Cl. The van der Waals surface area contributed by atoms with Gasteiger partial charge in [0, 0.05) is 0 Å². The van der Waals surface area contributed by atoms with Gasteiger partial charge in [-0.3, -0.25) is 0 Å². The van der Waals surface area contributed by atoms with E-state index in [9.17, 15) is 5.11 Å². The van der Waals surface area contributed by atoms with Gasteiger partial charge in [-0.25, -0.2) is 0 Å². The van der Waals surface area contributed by atoms with Crippen LogP contribution in [-0.4, -0.2) is 30.4 Å². The highest BCUT2D eigenvalue weighted by Gasteiger charge is 2.29. The fourth-order valence-electron chi connectivity index (χ4n) is 2.19. The molecule has 2 N–H and O–H groups in total. The average Bonchev–Trinajstić information content (AvgIpc) is 2.56. The zero-order chi connectivity index (χ0) is 13.0. The van der Waals surface area contributed by atoms with E-state index in [1.54, 1.807) is 0 Å². The number of hydrogen-bond acceptors (Lipinski definition) is 3. The molecule has 1 aromatic carbocycles. The van der Waals surface area contributed by atoms with Crippen LogP contribution < -0.4 is 10.1 Å². The summed E-state index contributed by atoms with van der Waals surface area (Å²) < 4.78 is 5.71. The second-order valence-electron chi connectivity index (χ2n) is 5.05. The highest BCUT2D eigenvalue weighted by atomic mass is 35.5. The number of nitrogens with one attached hydrogen (secondary N) is 1. The van der Waals surface area contributed by atoms with Crippen molar-refractivity contribution >= 4 is 24.0 Å². The van der Waals surface area contributed by atoms with Gasteiger partial charge in [-0.2, -0.15) is 0 Å². The quantitative estimate of drug-likeness (QED) is 0.902. The molecule has 1 fully saturated rings. The molecule has 0 radical (unpaired) electrons. The Morgan fingerprint density at radius 1 is 1.37 bits per heavy atom. The standard InChI is InChI=1S/C14H20ClNO2.ClH/c1-11-3-4-12(15)13(9-11)18-10-14(17)5-2-7-16-8-6-14;/h3-4,9,16-17H,2,5-8,10H2,1H3;1H. The first kappa shape index (κ1) is 16.6. The van der Waals surface area contributed by atoms with Crippen molar-refractivity contribution in [3.8, 4) is 5.75 Å². The van der Waals surface area contributed by atoms with E-state index >= 15 is 0 Å². The minimum atomic E-state index is -0.740. The van der Waals surface area contributed by atoms with Crippen LogP contribution in [0.5, 0.6) is 5.75 Å². The monoisotopic (exact) mass is 305 g/mol. The summed E-state index contributed by atoms with van der Waals surface area (Å²) in [4.78, 5) is 0. The van der Waals surface area contributed by atoms with Gasteiger partial charge in [0.2, 0.25) is 0 Å². The Labute approximate surface area is 125 Å². The second-order valence-corrected chi connectivity index (χ2v) is 5.46. The fraction of sp³-hybridized carbons (Fsp3) is 0.571. The Morgan fingerprint density at radius 3 is 2.95 bits per heavy atom. The second kappa shape index (κ2) is 7.34. The zero-order valence-corrected chi connectivity index (χ0v) is 12.7. The lowest BCUT2D eigenvalue weighted by atomic mass is 9.96. The first-order valence-corrected chi connectivity index (χ1v) is 6.79. The number of aryl methyl sites for hydroxylation is 1. The van der Waals surface area contributed by atoms with E-state index in [1.807, 2.05) is 25.1 Å². The number of halogens is 2. The number of benzene rings is 1. The van der Waals surface area contributed by atoms with Gasteiger partial charge >= 0.3 is 0 Å². The van der Waals surface area contributed by atoms with E-state index in [0.29, 0.717) is 17.4 Å². The van der Waals surface area contributed by atoms with Gasteiger partial charge in [0.1, 0.15) is 12.4 Å². The topological polar surface area (TPSA) is 41.5 Å². The first-order valence-electron chi connectivity index (χ1n) is 6.41. The maximum atomic E-state index is 10.5. The maximum Gasteiger partial charge on any atom is 0.138 e. The van der Waals surface area contributed by atoms with E-state index < -0.39 is 5.60 Å². The van der Waals surface area contributed by atoms with Crippen molar-refractivity contribution in [2.45, 2.75) is 31.8 Å². The Hall–Kier alpha value is -0.480. The molecule has 1 aromatic rings. The molecule has 3 nitrogen and oxygen atoms in total. The summed E-state index contributed by atoms with van der Waals surface area (Å²) in [5.74, 6) is 0.655. The van der Waals surface area contributed by atoms with E-state index in [4.69, 9.17) is 16.3 Å². The van der Waals surface area contributed by atoms with Crippen molar-refractivity contribution in [1.82, 2.24) is 5.32 Å². The van der Waals surface area contributed by atoms with Crippen LogP contribution in [0.15, 0.2) is 18.2 Å². The smallest absolute Gasteiger partial charge is 0.138 e. The van der Waals surface area contributed by atoms with Gasteiger partial charge < -0.3 is 15.2 Å². The van der Waals surface area contributed by atoms with Crippen molar-refractivity contribution in [2.24, 2.45) is 0 Å². The van der Waals surface area contributed by atoms with Gasteiger partial charge in [0.15, 0.2) is 0 Å². The third-order valence-electron chi connectivity index (χ3n) is 3.35. The van der Waals surface area contributed by atoms with Crippen LogP contribution in [0.2, 0.25) is 5.02 Å². The van der Waals surface area contributed by atoms with Crippen LogP contribution >= 0.6 is 24.0 Å². The molecular formula is C14H21Cl2NO2. The Kier molecular flexibility index (Phi) is 6.40. The molecule has 1 aliphatic rings. The molecule has 19 heavy (non-hydrogen) atoms. The van der Waals surface area contributed by atoms with E-state index in [0.717, 1.165) is 37.9 Å². The number of aliphatic hydroxyl groups is 1. The van der Waals surface area contributed by atoms with Crippen LogP contribution in [0.1, 0.15) is 24.8 Å². The highest BCUT2D eigenvalue weighted by Crippen LogP contribution is 2.28. The lowest BCUT2D eigenvalue weighted by molar-refractivity contribution is -0.0147. The van der Waals surface area contributed by atoms with Gasteiger partial charge in [0.25, 0.3) is 0 Å². The van der Waals surface area contributed by atoms with Crippen molar-refractivity contribution in [3.05, 3.63) is 28.8 Å². The molecule has 0 saturated carbocycles. The Balaban J connectivity index is 0.00000180. The average molecular weight is 306 g/mol. The summed E-state index contributed by atoms with van der Waals surface area (Å²) in [6.07, 6.45) is 2.46. The highest BCUT2D eigenvalue weighted by molar-refractivity contribution is 6.32. The summed E-state index contributed by atoms with van der Waals surface area (Å²) >= 11 is 6.07. The molecule has 0 spiro atoms. The van der Waals surface area contributed by atoms with Gasteiger partial charge in [0.05, 0.1) is 10.6 Å². The zero-order valence-electron chi connectivity index (χ0n) is 11.1. The molecule has 0 aliphatic carbocycles. The number of rotatable bonds is 3. The molecule has 1 aliphatic heterocycles. The fourth-order valence-corrected chi connectivity index (χ4v) is 2.36. The first-order chi connectivity index (χ1) is 8.59. The Morgan fingerprint density at radius 2 is 2.16 bits per heavy atom. The molecule has 0 amide bonds. The Bertz CT molecular complexity index is 404. The van der Waals surface area contributed by atoms with Crippen LogP contribution in [0.25, 0.3) is 0 Å². The van der Waals surface area contributed by atoms with Crippen molar-refractivity contribution in [1.29, 1.82) is 0 Å². The van der Waals surface area contributed by atoms with Gasteiger partial charge in [-0.1, -0.05) is 17.7 Å². The van der Waals surface area contributed by atoms with Crippen LogP contribution in [0, 0.1) is 6.92 Å². The molecule has 108 valence electrons. The predicted octanol–water partition coefficient (Wildman–Crippen LogP) is 2.95. The van der Waals surface area contributed by atoms with Gasteiger partial charge in [-0.05, 0) is 57.0 Å². The lowest BCUT2D eigenvalue weighted by Crippen LogP contribution is -2.36. The van der Waals surface area contributed by atoms with E-state index in [-0.39, 0.29) is 12.4 Å². The third-order valence-corrected chi connectivity index (χ3v) is 3.66. The summed E-state index contributed by atoms with van der Waals surface area (Å²) in [6.45, 7) is 4.10. The molecule has 1 heterocycles. The molecule has 5 heteroatoms. The largest absolute Gasteiger partial charge is 0.489 e. The van der Waals surface area contributed by atoms with Crippen LogP contribution in [0.4, 0.5) is 0 Å².